The van der Waals surface area contributed by atoms with E-state index in [4.69, 9.17) is 14.6 Å². The van der Waals surface area contributed by atoms with Gasteiger partial charge in [-0.2, -0.15) is 0 Å². The van der Waals surface area contributed by atoms with Crippen LogP contribution in [-0.2, 0) is 25.7 Å². The van der Waals surface area contributed by atoms with Gasteiger partial charge >= 0.3 is 5.97 Å². The van der Waals surface area contributed by atoms with Gasteiger partial charge in [-0.05, 0) is 5.56 Å². The summed E-state index contributed by atoms with van der Waals surface area (Å²) in [6.45, 7) is 1.52. The Morgan fingerprint density at radius 1 is 1.33 bits per heavy atom. The van der Waals surface area contributed by atoms with Crippen molar-refractivity contribution in [2.75, 3.05) is 26.3 Å². The van der Waals surface area contributed by atoms with E-state index in [0.29, 0.717) is 26.3 Å². The summed E-state index contributed by atoms with van der Waals surface area (Å²) >= 11 is 0. The summed E-state index contributed by atoms with van der Waals surface area (Å²) < 4.78 is 10.7. The Labute approximate surface area is 123 Å². The predicted molar refractivity (Wildman–Crippen MR) is 74.7 cm³/mol. The number of benzene rings is 1. The van der Waals surface area contributed by atoms with Crippen LogP contribution in [0.25, 0.3) is 0 Å². The number of amides is 1. The van der Waals surface area contributed by atoms with E-state index in [9.17, 15) is 9.59 Å². The Morgan fingerprint density at radius 2 is 2.10 bits per heavy atom. The zero-order valence-corrected chi connectivity index (χ0v) is 11.7. The molecule has 1 heterocycles. The number of nitrogens with zero attached hydrogens (tertiary/aromatic N) is 1. The smallest absolute Gasteiger partial charge is 0.306 e. The highest BCUT2D eigenvalue weighted by molar-refractivity contribution is 5.77. The molecule has 1 N–H and O–H groups in total. The molecule has 21 heavy (non-hydrogen) atoms. The zero-order valence-electron chi connectivity index (χ0n) is 11.7. The summed E-state index contributed by atoms with van der Waals surface area (Å²) in [4.78, 5) is 24.3. The summed E-state index contributed by atoms with van der Waals surface area (Å²) in [5.74, 6) is -1.06. The molecule has 1 amide bonds. The minimum atomic E-state index is -0.922. The fourth-order valence-corrected chi connectivity index (χ4v) is 2.19. The van der Waals surface area contributed by atoms with Gasteiger partial charge in [0, 0.05) is 13.1 Å². The second-order valence-corrected chi connectivity index (χ2v) is 4.91. The largest absolute Gasteiger partial charge is 0.481 e. The molecular weight excluding hydrogens is 274 g/mol. The maximum atomic E-state index is 12.0. The van der Waals surface area contributed by atoms with Crippen LogP contribution in [0, 0.1) is 0 Å². The molecule has 0 radical (unpaired) electrons. The predicted octanol–water partition coefficient (Wildman–Crippen LogP) is 0.905. The van der Waals surface area contributed by atoms with E-state index in [1.54, 1.807) is 4.90 Å². The third-order valence-electron chi connectivity index (χ3n) is 3.23. The number of carboxylic acid groups (broad SMARTS) is 1. The first-order valence-electron chi connectivity index (χ1n) is 6.88. The van der Waals surface area contributed by atoms with Crippen LogP contribution in [0.5, 0.6) is 0 Å². The van der Waals surface area contributed by atoms with E-state index in [0.717, 1.165) is 5.56 Å². The van der Waals surface area contributed by atoms with E-state index >= 15 is 0 Å². The number of carboxylic acids is 1. The van der Waals surface area contributed by atoms with Crippen LogP contribution < -0.4 is 0 Å². The van der Waals surface area contributed by atoms with Crippen LogP contribution in [0.2, 0.25) is 0 Å². The average Bonchev–Trinajstić information content (AvgIpc) is 2.48. The molecule has 1 unspecified atom stereocenters. The number of hydrogen-bond donors (Lipinski definition) is 1. The molecule has 1 saturated heterocycles. The van der Waals surface area contributed by atoms with Gasteiger partial charge in [0.05, 0.1) is 25.7 Å². The van der Waals surface area contributed by atoms with Crippen molar-refractivity contribution in [3.05, 3.63) is 35.9 Å². The molecule has 0 bridgehead atoms. The molecule has 114 valence electrons. The highest BCUT2D eigenvalue weighted by atomic mass is 16.5. The summed E-state index contributed by atoms with van der Waals surface area (Å²) in [7, 11) is 0. The van der Waals surface area contributed by atoms with Gasteiger partial charge in [0.2, 0.25) is 5.91 Å². The lowest BCUT2D eigenvalue weighted by Gasteiger charge is -2.32. The van der Waals surface area contributed by atoms with E-state index in [1.165, 1.54) is 0 Å². The maximum Gasteiger partial charge on any atom is 0.306 e. The van der Waals surface area contributed by atoms with E-state index in [2.05, 4.69) is 0 Å². The minimum Gasteiger partial charge on any atom is -0.481 e. The summed E-state index contributed by atoms with van der Waals surface area (Å²) in [5.41, 5.74) is 1.01. The van der Waals surface area contributed by atoms with E-state index < -0.39 is 12.1 Å². The molecule has 0 spiro atoms. The first-order valence-corrected chi connectivity index (χ1v) is 6.88. The molecule has 6 nitrogen and oxygen atoms in total. The van der Waals surface area contributed by atoms with Crippen molar-refractivity contribution in [3.8, 4) is 0 Å². The van der Waals surface area contributed by atoms with Gasteiger partial charge in [0.25, 0.3) is 0 Å². The Bertz CT molecular complexity index is 476. The normalized spacial score (nSPS) is 18.5. The highest BCUT2D eigenvalue weighted by Crippen LogP contribution is 2.09. The Morgan fingerprint density at radius 3 is 2.81 bits per heavy atom. The minimum absolute atomic E-state index is 0.00527. The quantitative estimate of drug-likeness (QED) is 0.843. The monoisotopic (exact) mass is 293 g/mol. The van der Waals surface area contributed by atoms with E-state index in [1.807, 2.05) is 30.3 Å². The topological polar surface area (TPSA) is 76.1 Å². The number of ether oxygens (including phenoxy) is 2. The molecule has 1 aromatic rings. The Hall–Kier alpha value is -1.92. The third-order valence-corrected chi connectivity index (χ3v) is 3.23. The number of aliphatic carboxylic acids is 1. The van der Waals surface area contributed by atoms with E-state index in [-0.39, 0.29) is 18.9 Å². The first kappa shape index (κ1) is 15.5. The molecular formula is C15H19NO5. The number of rotatable bonds is 6. The number of carbonyl (C=O) groups excluding carboxylic acids is 1. The number of carbonyl (C=O) groups is 2. The molecule has 1 atom stereocenters. The van der Waals surface area contributed by atoms with Crippen LogP contribution in [0.3, 0.4) is 0 Å². The molecule has 1 aromatic carbocycles. The van der Waals surface area contributed by atoms with Gasteiger partial charge < -0.3 is 19.5 Å². The van der Waals surface area contributed by atoms with Crippen molar-refractivity contribution in [2.24, 2.45) is 0 Å². The zero-order chi connectivity index (χ0) is 15.1. The van der Waals surface area contributed by atoms with Crippen LogP contribution >= 0.6 is 0 Å². The summed E-state index contributed by atoms with van der Waals surface area (Å²) in [6, 6.07) is 9.62. The standard InChI is InChI=1S/C15H19NO5/c17-14(11-20-10-12-4-2-1-3-5-12)16-6-7-21-13(9-16)8-15(18)19/h1-5,13H,6-11H2,(H,18,19). The highest BCUT2D eigenvalue weighted by Gasteiger charge is 2.25. The maximum absolute atomic E-state index is 12.0. The Kier molecular flexibility index (Phi) is 5.71. The van der Waals surface area contributed by atoms with Gasteiger partial charge in [-0.3, -0.25) is 9.59 Å². The molecule has 2 rings (SSSR count). The average molecular weight is 293 g/mol. The number of hydrogen-bond acceptors (Lipinski definition) is 4. The van der Waals surface area contributed by atoms with Gasteiger partial charge in [-0.15, -0.1) is 0 Å². The SMILES string of the molecule is O=C(O)CC1CN(C(=O)COCc2ccccc2)CCO1. The number of morpholine rings is 1. The molecule has 0 saturated carbocycles. The Balaban J connectivity index is 1.73. The first-order chi connectivity index (χ1) is 10.1. The fraction of sp³-hybridized carbons (Fsp3) is 0.467. The van der Waals surface area contributed by atoms with Crippen LogP contribution in [0.1, 0.15) is 12.0 Å². The van der Waals surface area contributed by atoms with Crippen molar-refractivity contribution >= 4 is 11.9 Å². The van der Waals surface area contributed by atoms with Crippen molar-refractivity contribution < 1.29 is 24.2 Å². The second kappa shape index (κ2) is 7.75. The summed E-state index contributed by atoms with van der Waals surface area (Å²) in [5, 5.41) is 8.75. The molecule has 0 aromatic heterocycles. The van der Waals surface area contributed by atoms with Crippen molar-refractivity contribution in [3.63, 3.8) is 0 Å². The van der Waals surface area contributed by atoms with Gasteiger partial charge in [-0.25, -0.2) is 0 Å². The van der Waals surface area contributed by atoms with Crippen molar-refractivity contribution in [1.82, 2.24) is 4.90 Å². The lowest BCUT2D eigenvalue weighted by Crippen LogP contribution is -2.47. The molecule has 1 fully saturated rings. The van der Waals surface area contributed by atoms with Crippen molar-refractivity contribution in [2.45, 2.75) is 19.1 Å². The van der Waals surface area contributed by atoms with Crippen LogP contribution in [-0.4, -0.2) is 54.3 Å². The van der Waals surface area contributed by atoms with Crippen LogP contribution in [0.4, 0.5) is 0 Å². The molecule has 1 aliphatic rings. The van der Waals surface area contributed by atoms with Crippen LogP contribution in [0.15, 0.2) is 30.3 Å². The van der Waals surface area contributed by atoms with Gasteiger partial charge in [0.15, 0.2) is 0 Å². The fourth-order valence-electron chi connectivity index (χ4n) is 2.19. The molecule has 1 aliphatic heterocycles. The van der Waals surface area contributed by atoms with Gasteiger partial charge in [-0.1, -0.05) is 30.3 Å². The second-order valence-electron chi connectivity index (χ2n) is 4.91. The lowest BCUT2D eigenvalue weighted by molar-refractivity contribution is -0.150. The molecule has 6 heteroatoms. The summed E-state index contributed by atoms with van der Waals surface area (Å²) in [6.07, 6.45) is -0.524. The molecule has 0 aliphatic carbocycles. The van der Waals surface area contributed by atoms with Gasteiger partial charge in [0.1, 0.15) is 6.61 Å². The van der Waals surface area contributed by atoms with Crippen molar-refractivity contribution in [1.29, 1.82) is 0 Å². The third kappa shape index (κ3) is 5.17. The lowest BCUT2D eigenvalue weighted by atomic mass is 10.2.